The van der Waals surface area contributed by atoms with E-state index in [-0.39, 0.29) is 5.91 Å². The smallest absolute Gasteiger partial charge is 0.260 e. The molecule has 114 valence electrons. The zero-order chi connectivity index (χ0) is 15.5. The SMILES string of the molecule is CCN(CC)c1ccc(C2=INC(=O)c3ccccc32)cc1. The van der Waals surface area contributed by atoms with Gasteiger partial charge in [-0.1, -0.05) is 30.3 Å². The first-order valence-electron chi connectivity index (χ1n) is 7.50. The molecule has 1 aliphatic rings. The van der Waals surface area contributed by atoms with E-state index in [1.807, 2.05) is 18.2 Å². The Labute approximate surface area is 141 Å². The van der Waals surface area contributed by atoms with E-state index in [4.69, 9.17) is 0 Å². The number of hydrogen-bond acceptors (Lipinski definition) is 2. The van der Waals surface area contributed by atoms with Crippen LogP contribution in [0.4, 0.5) is 5.69 Å². The first kappa shape index (κ1) is 15.2. The second-order valence-electron chi connectivity index (χ2n) is 5.10. The Bertz CT molecular complexity index is 718. The summed E-state index contributed by atoms with van der Waals surface area (Å²) in [6, 6.07) is 16.6. The highest BCUT2D eigenvalue weighted by atomic mass is 127. The van der Waals surface area contributed by atoms with Crippen molar-refractivity contribution in [1.29, 1.82) is 0 Å². The van der Waals surface area contributed by atoms with E-state index in [9.17, 15) is 4.79 Å². The first-order valence-corrected chi connectivity index (χ1v) is 9.66. The van der Waals surface area contributed by atoms with E-state index in [2.05, 4.69) is 52.6 Å². The maximum absolute atomic E-state index is 12.0. The summed E-state index contributed by atoms with van der Waals surface area (Å²) >= 11 is -0.489. The van der Waals surface area contributed by atoms with E-state index in [1.54, 1.807) is 0 Å². The van der Waals surface area contributed by atoms with Crippen LogP contribution in [0.3, 0.4) is 0 Å². The summed E-state index contributed by atoms with van der Waals surface area (Å²) in [4.78, 5) is 14.3. The average molecular weight is 406 g/mol. The van der Waals surface area contributed by atoms with Gasteiger partial charge in [-0.25, -0.2) is 0 Å². The molecule has 1 aliphatic heterocycles. The van der Waals surface area contributed by atoms with E-state index in [1.165, 1.54) is 14.8 Å². The van der Waals surface area contributed by atoms with Crippen molar-refractivity contribution < 1.29 is 4.79 Å². The fraction of sp³-hybridized carbons (Fsp3) is 0.222. The second-order valence-corrected chi connectivity index (χ2v) is 7.25. The van der Waals surface area contributed by atoms with Crippen LogP contribution in [0.15, 0.2) is 48.5 Å². The molecule has 0 bridgehead atoms. The fourth-order valence-corrected chi connectivity index (χ4v) is 4.92. The lowest BCUT2D eigenvalue weighted by Crippen LogP contribution is -2.24. The quantitative estimate of drug-likeness (QED) is 0.620. The number of fused-ring (bicyclic) bond motifs is 1. The van der Waals surface area contributed by atoms with Crippen LogP contribution < -0.4 is 8.43 Å². The van der Waals surface area contributed by atoms with Crippen LogP contribution in [0.5, 0.6) is 0 Å². The van der Waals surface area contributed by atoms with Gasteiger partial charge in [0.05, 0.1) is 0 Å². The number of hydrogen-bond donors (Lipinski definition) is 1. The summed E-state index contributed by atoms with van der Waals surface area (Å²) in [5, 5.41) is 0. The molecule has 2 aromatic rings. The van der Waals surface area contributed by atoms with Crippen LogP contribution >= 0.6 is 21.0 Å². The number of carbonyl (C=O) groups is 1. The summed E-state index contributed by atoms with van der Waals surface area (Å²) < 4.78 is 4.36. The normalized spacial score (nSPS) is 13.5. The highest BCUT2D eigenvalue weighted by Gasteiger charge is 2.20. The van der Waals surface area contributed by atoms with Crippen LogP contribution in [0.2, 0.25) is 0 Å². The number of nitrogens with zero attached hydrogens (tertiary/aromatic N) is 1. The molecule has 4 heteroatoms. The molecule has 0 aliphatic carbocycles. The van der Waals surface area contributed by atoms with Gasteiger partial charge in [0.1, 0.15) is 0 Å². The minimum absolute atomic E-state index is 0.0620. The number of carbonyl (C=O) groups excluding carboxylic acids is 1. The van der Waals surface area contributed by atoms with Gasteiger partial charge < -0.3 is 4.90 Å². The summed E-state index contributed by atoms with van der Waals surface area (Å²) in [6.45, 7) is 6.37. The molecule has 0 unspecified atom stereocenters. The second kappa shape index (κ2) is 6.60. The highest BCUT2D eigenvalue weighted by molar-refractivity contribution is 14.2. The summed E-state index contributed by atoms with van der Waals surface area (Å²) in [7, 11) is 0. The van der Waals surface area contributed by atoms with Crippen LogP contribution in [0.1, 0.15) is 35.3 Å². The molecule has 0 atom stereocenters. The first-order chi connectivity index (χ1) is 10.7. The maximum atomic E-state index is 12.0. The van der Waals surface area contributed by atoms with Crippen LogP contribution in [-0.2, 0) is 0 Å². The van der Waals surface area contributed by atoms with Crippen molar-refractivity contribution in [2.75, 3.05) is 18.0 Å². The van der Waals surface area contributed by atoms with Crippen molar-refractivity contribution in [2.45, 2.75) is 13.8 Å². The third kappa shape index (κ3) is 2.79. The molecule has 0 saturated carbocycles. The third-order valence-corrected chi connectivity index (χ3v) is 6.39. The van der Waals surface area contributed by atoms with Crippen LogP contribution in [-0.4, -0.2) is 22.5 Å². The largest absolute Gasteiger partial charge is 0.372 e. The number of anilines is 1. The lowest BCUT2D eigenvalue weighted by atomic mass is 9.99. The molecular weight excluding hydrogens is 387 g/mol. The Morgan fingerprint density at radius 1 is 0.955 bits per heavy atom. The molecule has 1 amide bonds. The Balaban J connectivity index is 1.97. The number of nitrogens with one attached hydrogen (secondary N) is 1. The Morgan fingerprint density at radius 2 is 1.59 bits per heavy atom. The number of benzene rings is 2. The monoisotopic (exact) mass is 406 g/mol. The van der Waals surface area contributed by atoms with Gasteiger partial charge >= 0.3 is 0 Å². The molecule has 2 aromatic carbocycles. The predicted molar refractivity (Wildman–Crippen MR) is 101 cm³/mol. The van der Waals surface area contributed by atoms with Gasteiger partial charge in [0.15, 0.2) is 0 Å². The number of halogens is 1. The lowest BCUT2D eigenvalue weighted by Gasteiger charge is -2.22. The molecule has 0 saturated heterocycles. The van der Waals surface area contributed by atoms with E-state index in [0.717, 1.165) is 24.2 Å². The molecule has 3 rings (SSSR count). The minimum Gasteiger partial charge on any atom is -0.372 e. The van der Waals surface area contributed by atoms with Crippen molar-refractivity contribution in [3.8, 4) is 0 Å². The van der Waals surface area contributed by atoms with Crippen molar-refractivity contribution in [2.24, 2.45) is 0 Å². The molecule has 0 aromatic heterocycles. The number of amides is 1. The van der Waals surface area contributed by atoms with Gasteiger partial charge in [-0.2, -0.15) is 0 Å². The molecule has 1 N–H and O–H groups in total. The molecule has 1 heterocycles. The van der Waals surface area contributed by atoms with E-state index >= 15 is 0 Å². The van der Waals surface area contributed by atoms with Gasteiger partial charge in [-0.15, -0.1) is 0 Å². The standard InChI is InChI=1S/C18H19IN2O/c1-3-21(4-2)14-11-9-13(10-12-14)17-15-7-5-6-8-16(15)18(22)20-19-17/h5-12H,3-4H2,1-2H3,(H,20,22). The Kier molecular flexibility index (Phi) is 4.57. The van der Waals surface area contributed by atoms with Gasteiger partial charge in [-0.3, -0.25) is 8.32 Å². The minimum atomic E-state index is -0.489. The molecule has 22 heavy (non-hydrogen) atoms. The third-order valence-electron chi connectivity index (χ3n) is 3.89. The van der Waals surface area contributed by atoms with Gasteiger partial charge in [0.25, 0.3) is 5.91 Å². The van der Waals surface area contributed by atoms with Crippen molar-refractivity contribution in [1.82, 2.24) is 3.53 Å². The summed E-state index contributed by atoms with van der Waals surface area (Å²) in [5.41, 5.74) is 4.35. The Morgan fingerprint density at radius 3 is 2.23 bits per heavy atom. The lowest BCUT2D eigenvalue weighted by molar-refractivity contribution is 0.0989. The molecule has 0 radical (unpaired) electrons. The number of rotatable bonds is 4. The molecule has 0 fully saturated rings. The Hall–Kier alpha value is -1.69. The van der Waals surface area contributed by atoms with Gasteiger partial charge in [0, 0.05) is 54.4 Å². The van der Waals surface area contributed by atoms with Gasteiger partial charge in [0.2, 0.25) is 0 Å². The van der Waals surface area contributed by atoms with Crippen LogP contribution in [0.25, 0.3) is 0 Å². The topological polar surface area (TPSA) is 32.3 Å². The van der Waals surface area contributed by atoms with Crippen molar-refractivity contribution in [3.05, 3.63) is 65.2 Å². The fourth-order valence-electron chi connectivity index (χ4n) is 2.68. The van der Waals surface area contributed by atoms with Crippen molar-refractivity contribution >= 4 is 36.1 Å². The van der Waals surface area contributed by atoms with E-state index < -0.39 is 21.0 Å². The predicted octanol–water partition coefficient (Wildman–Crippen LogP) is 3.73. The molecular formula is C18H19IN2O. The van der Waals surface area contributed by atoms with E-state index in [0.29, 0.717) is 0 Å². The zero-order valence-electron chi connectivity index (χ0n) is 12.8. The average Bonchev–Trinajstić information content (AvgIpc) is 2.57. The highest BCUT2D eigenvalue weighted by Crippen LogP contribution is 2.25. The van der Waals surface area contributed by atoms with Gasteiger partial charge in [-0.05, 0) is 37.6 Å². The molecule has 0 spiro atoms. The summed E-state index contributed by atoms with van der Waals surface area (Å²) in [6.07, 6.45) is 0. The zero-order valence-corrected chi connectivity index (χ0v) is 14.9. The van der Waals surface area contributed by atoms with Crippen LogP contribution in [0, 0.1) is 0 Å². The van der Waals surface area contributed by atoms with Crippen molar-refractivity contribution in [3.63, 3.8) is 0 Å². The maximum Gasteiger partial charge on any atom is 0.260 e. The molecule has 3 nitrogen and oxygen atoms in total. The summed E-state index contributed by atoms with van der Waals surface area (Å²) in [5.74, 6) is 0.0620.